The van der Waals surface area contributed by atoms with E-state index in [9.17, 15) is 13.2 Å². The van der Waals surface area contributed by atoms with Crippen molar-refractivity contribution < 1.29 is 22.7 Å². The van der Waals surface area contributed by atoms with Gasteiger partial charge in [-0.3, -0.25) is 9.10 Å². The fourth-order valence-corrected chi connectivity index (χ4v) is 4.43. The van der Waals surface area contributed by atoms with E-state index < -0.39 is 22.0 Å². The normalized spacial score (nSPS) is 12.0. The number of hydrogen-bond acceptors (Lipinski definition) is 5. The van der Waals surface area contributed by atoms with Crippen molar-refractivity contribution in [3.05, 3.63) is 77.8 Å². The van der Waals surface area contributed by atoms with Gasteiger partial charge in [-0.2, -0.15) is 0 Å². The van der Waals surface area contributed by atoms with Crippen LogP contribution in [0.4, 0.5) is 11.4 Å². The van der Waals surface area contributed by atoms with Gasteiger partial charge in [0, 0.05) is 10.7 Å². The van der Waals surface area contributed by atoms with Gasteiger partial charge in [0.1, 0.15) is 23.3 Å². The Labute approximate surface area is 192 Å². The molecule has 0 aliphatic heterocycles. The lowest BCUT2D eigenvalue weighted by atomic mass is 10.2. The Morgan fingerprint density at radius 2 is 1.62 bits per heavy atom. The molecule has 0 spiro atoms. The van der Waals surface area contributed by atoms with E-state index in [0.29, 0.717) is 22.2 Å². The molecule has 3 aromatic carbocycles. The molecule has 0 fully saturated rings. The van der Waals surface area contributed by atoms with Gasteiger partial charge in [-0.25, -0.2) is 8.42 Å². The van der Waals surface area contributed by atoms with Crippen molar-refractivity contribution in [2.45, 2.75) is 13.0 Å². The number of hydrogen-bond donors (Lipinski definition) is 1. The highest BCUT2D eigenvalue weighted by Crippen LogP contribution is 2.34. The highest BCUT2D eigenvalue weighted by Gasteiger charge is 2.31. The monoisotopic (exact) mass is 474 g/mol. The number of nitrogens with one attached hydrogen (secondary N) is 1. The lowest BCUT2D eigenvalue weighted by molar-refractivity contribution is -0.116. The fourth-order valence-electron chi connectivity index (χ4n) is 3.09. The minimum absolute atomic E-state index is 0.178. The van der Waals surface area contributed by atoms with E-state index in [4.69, 9.17) is 21.1 Å². The molecule has 0 saturated heterocycles. The standard InChI is InChI=1S/C23H23ClN2O5S/c1-16(26(32(3,28)29)21-15-17(24)9-14-22(21)30-2)23(27)25-18-10-12-20(13-11-18)31-19-7-5-4-6-8-19/h4-16H,1-3H3,(H,25,27)/t16-/m1/s1. The fraction of sp³-hybridized carbons (Fsp3) is 0.174. The number of carbonyl (C=O) groups excluding carboxylic acids is 1. The molecule has 7 nitrogen and oxygen atoms in total. The van der Waals surface area contributed by atoms with E-state index in [1.165, 1.54) is 20.1 Å². The van der Waals surface area contributed by atoms with Gasteiger partial charge < -0.3 is 14.8 Å². The van der Waals surface area contributed by atoms with E-state index >= 15 is 0 Å². The van der Waals surface area contributed by atoms with Gasteiger partial charge in [0.05, 0.1) is 19.1 Å². The van der Waals surface area contributed by atoms with Crippen LogP contribution in [0.5, 0.6) is 17.2 Å². The first-order valence-corrected chi connectivity index (χ1v) is 11.9. The van der Waals surface area contributed by atoms with Crippen molar-refractivity contribution in [2.75, 3.05) is 23.0 Å². The number of benzene rings is 3. The number of anilines is 2. The number of halogens is 1. The molecule has 0 aliphatic rings. The van der Waals surface area contributed by atoms with Crippen LogP contribution in [0.1, 0.15) is 6.92 Å². The van der Waals surface area contributed by atoms with Crippen LogP contribution in [0.15, 0.2) is 72.8 Å². The summed E-state index contributed by atoms with van der Waals surface area (Å²) in [5.74, 6) is 1.05. The van der Waals surface area contributed by atoms with Crippen LogP contribution >= 0.6 is 11.6 Å². The Bertz CT molecular complexity index is 1180. The number of rotatable bonds is 8. The Hall–Kier alpha value is -3.23. The van der Waals surface area contributed by atoms with Gasteiger partial charge in [-0.15, -0.1) is 0 Å². The van der Waals surface area contributed by atoms with Gasteiger partial charge in [0.15, 0.2) is 0 Å². The molecular formula is C23H23ClN2O5S. The van der Waals surface area contributed by atoms with Gasteiger partial charge in [0.25, 0.3) is 0 Å². The van der Waals surface area contributed by atoms with Crippen LogP contribution in [0, 0.1) is 0 Å². The number of sulfonamides is 1. The number of amides is 1. The second-order valence-electron chi connectivity index (χ2n) is 6.98. The van der Waals surface area contributed by atoms with Crippen molar-refractivity contribution in [3.63, 3.8) is 0 Å². The molecule has 168 valence electrons. The Morgan fingerprint density at radius 1 is 1.00 bits per heavy atom. The third kappa shape index (κ3) is 5.72. The number of carbonyl (C=O) groups is 1. The Morgan fingerprint density at radius 3 is 2.22 bits per heavy atom. The van der Waals surface area contributed by atoms with Crippen LogP contribution in [0.3, 0.4) is 0 Å². The van der Waals surface area contributed by atoms with Gasteiger partial charge in [0.2, 0.25) is 15.9 Å². The number of methoxy groups -OCH3 is 1. The average molecular weight is 475 g/mol. The summed E-state index contributed by atoms with van der Waals surface area (Å²) >= 11 is 6.07. The molecule has 0 aromatic heterocycles. The van der Waals surface area contributed by atoms with Crippen LogP contribution in [0.2, 0.25) is 5.02 Å². The number of ether oxygens (including phenoxy) is 2. The van der Waals surface area contributed by atoms with E-state index in [-0.39, 0.29) is 11.4 Å². The summed E-state index contributed by atoms with van der Waals surface area (Å²) < 4.78 is 37.1. The molecule has 0 radical (unpaired) electrons. The highest BCUT2D eigenvalue weighted by atomic mass is 35.5. The van der Waals surface area contributed by atoms with Crippen LogP contribution in [-0.2, 0) is 14.8 Å². The lowest BCUT2D eigenvalue weighted by Crippen LogP contribution is -2.45. The minimum Gasteiger partial charge on any atom is -0.495 e. The van der Waals surface area contributed by atoms with E-state index in [0.717, 1.165) is 10.6 Å². The second kappa shape index (κ2) is 9.93. The van der Waals surface area contributed by atoms with Crippen molar-refractivity contribution in [3.8, 4) is 17.2 Å². The molecule has 0 unspecified atom stereocenters. The average Bonchev–Trinajstić information content (AvgIpc) is 2.75. The predicted molar refractivity (Wildman–Crippen MR) is 126 cm³/mol. The number of nitrogens with zero attached hydrogens (tertiary/aromatic N) is 1. The maximum Gasteiger partial charge on any atom is 0.247 e. The molecule has 1 N–H and O–H groups in total. The summed E-state index contributed by atoms with van der Waals surface area (Å²) in [6.45, 7) is 1.49. The molecule has 0 saturated carbocycles. The van der Waals surface area contributed by atoms with E-state index in [1.807, 2.05) is 30.3 Å². The summed E-state index contributed by atoms with van der Waals surface area (Å²) in [6.07, 6.45) is 1.02. The SMILES string of the molecule is COc1ccc(Cl)cc1N([C@H](C)C(=O)Nc1ccc(Oc2ccccc2)cc1)S(C)(=O)=O. The van der Waals surface area contributed by atoms with Crippen LogP contribution in [-0.4, -0.2) is 33.7 Å². The first-order valence-electron chi connectivity index (χ1n) is 9.66. The predicted octanol–water partition coefficient (Wildman–Crippen LogP) is 4.93. The first kappa shape index (κ1) is 23.4. The van der Waals surface area contributed by atoms with Crippen LogP contribution < -0.4 is 19.1 Å². The molecule has 3 rings (SSSR count). The van der Waals surface area contributed by atoms with E-state index in [2.05, 4.69) is 5.32 Å². The maximum absolute atomic E-state index is 12.9. The molecule has 9 heteroatoms. The topological polar surface area (TPSA) is 84.9 Å². The Balaban J connectivity index is 1.79. The molecule has 3 aromatic rings. The summed E-state index contributed by atoms with van der Waals surface area (Å²) in [7, 11) is -2.42. The van der Waals surface area contributed by atoms with Crippen molar-refractivity contribution in [1.82, 2.24) is 0 Å². The molecule has 32 heavy (non-hydrogen) atoms. The number of para-hydroxylation sites is 1. The first-order chi connectivity index (χ1) is 15.2. The summed E-state index contributed by atoms with van der Waals surface area (Å²) in [5, 5.41) is 3.05. The maximum atomic E-state index is 12.9. The summed E-state index contributed by atoms with van der Waals surface area (Å²) in [6, 6.07) is 19.6. The third-order valence-corrected chi connectivity index (χ3v) is 6.03. The summed E-state index contributed by atoms with van der Waals surface area (Å²) in [5.41, 5.74) is 0.672. The quantitative estimate of drug-likeness (QED) is 0.500. The molecule has 1 amide bonds. The summed E-state index contributed by atoms with van der Waals surface area (Å²) in [4.78, 5) is 12.9. The molecule has 0 heterocycles. The lowest BCUT2D eigenvalue weighted by Gasteiger charge is -2.29. The zero-order valence-electron chi connectivity index (χ0n) is 17.8. The zero-order chi connectivity index (χ0) is 23.3. The minimum atomic E-state index is -3.83. The smallest absolute Gasteiger partial charge is 0.247 e. The molecular weight excluding hydrogens is 452 g/mol. The van der Waals surface area contributed by atoms with Crippen molar-refractivity contribution >= 4 is 38.9 Å². The van der Waals surface area contributed by atoms with E-state index in [1.54, 1.807) is 36.4 Å². The zero-order valence-corrected chi connectivity index (χ0v) is 19.4. The van der Waals surface area contributed by atoms with Gasteiger partial charge >= 0.3 is 0 Å². The van der Waals surface area contributed by atoms with Crippen molar-refractivity contribution in [1.29, 1.82) is 0 Å². The Kier molecular flexibility index (Phi) is 7.27. The molecule has 1 atom stereocenters. The molecule has 0 aliphatic carbocycles. The van der Waals surface area contributed by atoms with Crippen LogP contribution in [0.25, 0.3) is 0 Å². The molecule has 0 bridgehead atoms. The highest BCUT2D eigenvalue weighted by molar-refractivity contribution is 7.92. The van der Waals surface area contributed by atoms with Gasteiger partial charge in [-0.05, 0) is 61.5 Å². The largest absolute Gasteiger partial charge is 0.495 e. The second-order valence-corrected chi connectivity index (χ2v) is 9.28. The third-order valence-electron chi connectivity index (χ3n) is 4.57. The van der Waals surface area contributed by atoms with Crippen molar-refractivity contribution in [2.24, 2.45) is 0 Å². The van der Waals surface area contributed by atoms with Gasteiger partial charge in [-0.1, -0.05) is 29.8 Å².